The van der Waals surface area contributed by atoms with Crippen LogP contribution in [0.5, 0.6) is 0 Å². The topological polar surface area (TPSA) is 85.4 Å². The molecule has 8 heteroatoms. The lowest BCUT2D eigenvalue weighted by Crippen LogP contribution is -2.54. The van der Waals surface area contributed by atoms with Crippen molar-refractivity contribution in [3.05, 3.63) is 0 Å². The molecule has 0 aromatic heterocycles. The summed E-state index contributed by atoms with van der Waals surface area (Å²) in [5.74, 6) is -0.667. The Kier molecular flexibility index (Phi) is 9.45. The minimum atomic E-state index is -0.815. The average Bonchev–Trinajstić information content (AvgIpc) is 2.45. The van der Waals surface area contributed by atoms with Crippen LogP contribution in [0.4, 0.5) is 9.59 Å². The summed E-state index contributed by atoms with van der Waals surface area (Å²) in [6, 6.07) is 0. The lowest BCUT2D eigenvalue weighted by Gasteiger charge is -2.36. The number of nitrogens with zero attached hydrogens (tertiary/aromatic N) is 2. The number of hydrazine groups is 1. The van der Waals surface area contributed by atoms with Gasteiger partial charge in [-0.15, -0.1) is 0 Å². The molecule has 0 heterocycles. The monoisotopic (exact) mass is 374 g/mol. The summed E-state index contributed by atoms with van der Waals surface area (Å²) in [4.78, 5) is 37.0. The van der Waals surface area contributed by atoms with E-state index < -0.39 is 35.9 Å². The number of methoxy groups -OCH3 is 1. The van der Waals surface area contributed by atoms with E-state index in [9.17, 15) is 14.4 Å². The number of hydrogen-bond donors (Lipinski definition) is 0. The van der Waals surface area contributed by atoms with E-state index in [1.165, 1.54) is 7.11 Å². The Bertz CT molecular complexity index is 479. The molecule has 0 spiro atoms. The van der Waals surface area contributed by atoms with Crippen molar-refractivity contribution in [1.82, 2.24) is 10.0 Å². The smallest absolute Gasteiger partial charge is 0.430 e. The molecule has 0 atom stereocenters. The maximum Gasteiger partial charge on any atom is 0.430 e. The number of rotatable bonds is 6. The Morgan fingerprint density at radius 3 is 1.65 bits per heavy atom. The van der Waals surface area contributed by atoms with Gasteiger partial charge in [-0.05, 0) is 48.0 Å². The predicted octanol–water partition coefficient (Wildman–Crippen LogP) is 3.74. The Labute approximate surface area is 156 Å². The Morgan fingerprint density at radius 1 is 0.808 bits per heavy atom. The highest BCUT2D eigenvalue weighted by molar-refractivity contribution is 5.80. The Hall–Kier alpha value is -1.99. The molecule has 0 aliphatic heterocycles. The number of hydrogen-bond acceptors (Lipinski definition) is 6. The molecule has 0 radical (unpaired) electrons. The van der Waals surface area contributed by atoms with Gasteiger partial charge in [0.1, 0.15) is 17.7 Å². The average molecular weight is 374 g/mol. The molecule has 0 fully saturated rings. The summed E-state index contributed by atoms with van der Waals surface area (Å²) >= 11 is 0. The maximum absolute atomic E-state index is 12.6. The first kappa shape index (κ1) is 24.0. The maximum atomic E-state index is 12.6. The highest BCUT2D eigenvalue weighted by Gasteiger charge is 2.34. The van der Waals surface area contributed by atoms with Gasteiger partial charge >= 0.3 is 18.2 Å². The summed E-state index contributed by atoms with van der Waals surface area (Å²) in [5, 5.41) is 2.06. The van der Waals surface area contributed by atoms with Gasteiger partial charge in [-0.2, -0.15) is 0 Å². The molecule has 0 aliphatic carbocycles. The van der Waals surface area contributed by atoms with Crippen LogP contribution in [-0.2, 0) is 19.0 Å². The van der Waals surface area contributed by atoms with E-state index >= 15 is 0 Å². The summed E-state index contributed by atoms with van der Waals surface area (Å²) in [5.41, 5.74) is -1.53. The first-order valence-corrected chi connectivity index (χ1v) is 8.88. The molecule has 2 amide bonds. The third-order valence-electron chi connectivity index (χ3n) is 2.98. The lowest BCUT2D eigenvalue weighted by molar-refractivity contribution is -0.146. The quantitative estimate of drug-likeness (QED) is 0.305. The molecule has 0 aromatic carbocycles. The standard InChI is InChI=1S/C18H34N2O6/c1-9-10-11-12-19(15(22)25-17(2,3)4)20(13-14(21)24-8)16(23)26-18(5,6)7/h9-13H2,1-8H3. The van der Waals surface area contributed by atoms with E-state index in [1.54, 1.807) is 41.5 Å². The fraction of sp³-hybridized carbons (Fsp3) is 0.833. The second-order valence-electron chi connectivity index (χ2n) is 7.92. The minimum absolute atomic E-state index is 0.221. The zero-order chi connectivity index (χ0) is 20.5. The molecule has 0 aliphatic rings. The van der Waals surface area contributed by atoms with Crippen LogP contribution in [0, 0.1) is 0 Å². The summed E-state index contributed by atoms with van der Waals surface area (Å²) in [6.45, 7) is 12.1. The first-order chi connectivity index (χ1) is 11.8. The van der Waals surface area contributed by atoms with Gasteiger partial charge < -0.3 is 14.2 Å². The van der Waals surface area contributed by atoms with Crippen LogP contribution < -0.4 is 0 Å². The molecule has 8 nitrogen and oxygen atoms in total. The van der Waals surface area contributed by atoms with Crippen LogP contribution in [-0.4, -0.2) is 59.6 Å². The third kappa shape index (κ3) is 10.1. The van der Waals surface area contributed by atoms with E-state index in [1.807, 2.05) is 6.92 Å². The molecule has 0 saturated carbocycles. The molecule has 0 aromatic rings. The van der Waals surface area contributed by atoms with Crippen molar-refractivity contribution in [1.29, 1.82) is 0 Å². The van der Waals surface area contributed by atoms with E-state index in [0.717, 1.165) is 22.9 Å². The van der Waals surface area contributed by atoms with Gasteiger partial charge in [-0.1, -0.05) is 19.8 Å². The molecule has 152 valence electrons. The molecule has 0 unspecified atom stereocenters. The van der Waals surface area contributed by atoms with Gasteiger partial charge in [0.2, 0.25) is 0 Å². The molecule has 0 saturated heterocycles. The van der Waals surface area contributed by atoms with Gasteiger partial charge in [0, 0.05) is 6.54 Å². The number of ether oxygens (including phenoxy) is 3. The van der Waals surface area contributed by atoms with Crippen LogP contribution in [0.2, 0.25) is 0 Å². The molecule has 0 N–H and O–H groups in total. The number of carbonyl (C=O) groups excluding carboxylic acids is 3. The number of carbonyl (C=O) groups is 3. The third-order valence-corrected chi connectivity index (χ3v) is 2.98. The van der Waals surface area contributed by atoms with Gasteiger partial charge in [-0.3, -0.25) is 4.79 Å². The molecular weight excluding hydrogens is 340 g/mol. The van der Waals surface area contributed by atoms with Gasteiger partial charge in [-0.25, -0.2) is 19.6 Å². The fourth-order valence-corrected chi connectivity index (χ4v) is 1.89. The van der Waals surface area contributed by atoms with E-state index in [-0.39, 0.29) is 6.54 Å². The molecule has 0 rings (SSSR count). The highest BCUT2D eigenvalue weighted by Crippen LogP contribution is 2.16. The summed E-state index contributed by atoms with van der Waals surface area (Å²) in [6.07, 6.45) is 0.912. The van der Waals surface area contributed by atoms with E-state index in [2.05, 4.69) is 4.74 Å². The van der Waals surface area contributed by atoms with E-state index in [4.69, 9.17) is 9.47 Å². The molecular formula is C18H34N2O6. The van der Waals surface area contributed by atoms with Crippen LogP contribution >= 0.6 is 0 Å². The Balaban J connectivity index is 5.61. The second-order valence-corrected chi connectivity index (χ2v) is 7.92. The highest BCUT2D eigenvalue weighted by atomic mass is 16.6. The van der Waals surface area contributed by atoms with Gasteiger partial charge in [0.15, 0.2) is 0 Å². The summed E-state index contributed by atoms with van der Waals surface area (Å²) < 4.78 is 15.4. The molecule has 0 bridgehead atoms. The lowest BCUT2D eigenvalue weighted by atomic mass is 10.2. The van der Waals surface area contributed by atoms with Crippen molar-refractivity contribution in [3.63, 3.8) is 0 Å². The zero-order valence-corrected chi connectivity index (χ0v) is 17.4. The van der Waals surface area contributed by atoms with Crippen molar-refractivity contribution in [2.45, 2.75) is 78.9 Å². The normalized spacial score (nSPS) is 11.5. The van der Waals surface area contributed by atoms with Crippen molar-refractivity contribution < 1.29 is 28.6 Å². The van der Waals surface area contributed by atoms with Crippen molar-refractivity contribution >= 4 is 18.2 Å². The zero-order valence-electron chi connectivity index (χ0n) is 17.4. The number of unbranched alkanes of at least 4 members (excludes halogenated alkanes) is 2. The number of esters is 1. The van der Waals surface area contributed by atoms with Crippen LogP contribution in [0.15, 0.2) is 0 Å². The molecule has 26 heavy (non-hydrogen) atoms. The minimum Gasteiger partial charge on any atom is -0.468 e. The van der Waals surface area contributed by atoms with Crippen molar-refractivity contribution in [2.75, 3.05) is 20.2 Å². The van der Waals surface area contributed by atoms with Crippen molar-refractivity contribution in [3.8, 4) is 0 Å². The first-order valence-electron chi connectivity index (χ1n) is 8.88. The van der Waals surface area contributed by atoms with Gasteiger partial charge in [0.25, 0.3) is 0 Å². The van der Waals surface area contributed by atoms with Gasteiger partial charge in [0.05, 0.1) is 7.11 Å². The predicted molar refractivity (Wildman–Crippen MR) is 97.4 cm³/mol. The van der Waals surface area contributed by atoms with Crippen LogP contribution in [0.25, 0.3) is 0 Å². The van der Waals surface area contributed by atoms with Crippen LogP contribution in [0.1, 0.15) is 67.7 Å². The fourth-order valence-electron chi connectivity index (χ4n) is 1.89. The Morgan fingerprint density at radius 2 is 1.27 bits per heavy atom. The summed E-state index contributed by atoms with van der Waals surface area (Å²) in [7, 11) is 1.21. The second kappa shape index (κ2) is 10.2. The largest absolute Gasteiger partial charge is 0.468 e. The van der Waals surface area contributed by atoms with E-state index in [0.29, 0.717) is 6.42 Å². The SMILES string of the molecule is CCCCCN(C(=O)OC(C)(C)C)N(CC(=O)OC)C(=O)OC(C)(C)C. The number of amides is 2. The van der Waals surface area contributed by atoms with Crippen LogP contribution in [0.3, 0.4) is 0 Å². The van der Waals surface area contributed by atoms with Crippen molar-refractivity contribution in [2.24, 2.45) is 0 Å².